The number of rotatable bonds is 3. The lowest BCUT2D eigenvalue weighted by Gasteiger charge is -2.23. The van der Waals surface area contributed by atoms with E-state index in [1.54, 1.807) is 18.3 Å². The summed E-state index contributed by atoms with van der Waals surface area (Å²) in [4.78, 5) is 29.4. The maximum absolute atomic E-state index is 12.0. The first-order valence-corrected chi connectivity index (χ1v) is 8.15. The molecule has 0 aromatic heterocycles. The van der Waals surface area contributed by atoms with Crippen LogP contribution in [-0.4, -0.2) is 34.6 Å². The molecule has 0 spiro atoms. The Labute approximate surface area is 139 Å². The van der Waals surface area contributed by atoms with Crippen molar-refractivity contribution >= 4 is 17.4 Å². The molecule has 1 saturated heterocycles. The monoisotopic (exact) mass is 329 g/mol. The van der Waals surface area contributed by atoms with Crippen molar-refractivity contribution in [3.8, 4) is 0 Å². The van der Waals surface area contributed by atoms with Crippen LogP contribution in [0.2, 0.25) is 0 Å². The number of benzene rings is 1. The maximum atomic E-state index is 12.0. The summed E-state index contributed by atoms with van der Waals surface area (Å²) in [5.74, 6) is -0.515. The average molecular weight is 329 g/mol. The van der Waals surface area contributed by atoms with Crippen LogP contribution in [0.4, 0.5) is 5.69 Å². The molecule has 7 heteroatoms. The van der Waals surface area contributed by atoms with Crippen LogP contribution < -0.4 is 0 Å². The number of oxime groups is 1. The summed E-state index contributed by atoms with van der Waals surface area (Å²) in [6.45, 7) is 1.78. The minimum atomic E-state index is -0.515. The third kappa shape index (κ3) is 3.61. The number of hydrogen-bond acceptors (Lipinski definition) is 6. The number of nitro benzene ring substituents is 1. The molecule has 126 valence electrons. The molecule has 1 aromatic carbocycles. The Balaban J connectivity index is 1.87. The number of carbonyl (C=O) groups excluding carboxylic acids is 1. The van der Waals surface area contributed by atoms with E-state index in [-0.39, 0.29) is 5.69 Å². The van der Waals surface area contributed by atoms with E-state index in [1.165, 1.54) is 31.4 Å². The van der Waals surface area contributed by atoms with Crippen molar-refractivity contribution in [2.45, 2.75) is 32.1 Å². The van der Waals surface area contributed by atoms with Crippen molar-refractivity contribution in [1.29, 1.82) is 0 Å². The summed E-state index contributed by atoms with van der Waals surface area (Å²) in [6.07, 6.45) is 7.60. The molecule has 0 aliphatic carbocycles. The van der Waals surface area contributed by atoms with Crippen LogP contribution in [0.1, 0.15) is 37.7 Å². The molecule has 2 heterocycles. The quantitative estimate of drug-likeness (QED) is 0.368. The topological polar surface area (TPSA) is 85.0 Å². The van der Waals surface area contributed by atoms with E-state index in [4.69, 9.17) is 4.84 Å². The molecular formula is C17H19N3O4. The van der Waals surface area contributed by atoms with Gasteiger partial charge < -0.3 is 9.74 Å². The molecule has 0 radical (unpaired) electrons. The van der Waals surface area contributed by atoms with Crippen LogP contribution in [0, 0.1) is 10.1 Å². The van der Waals surface area contributed by atoms with E-state index in [2.05, 4.69) is 10.1 Å². The van der Waals surface area contributed by atoms with Crippen molar-refractivity contribution in [2.24, 2.45) is 5.16 Å². The van der Waals surface area contributed by atoms with Crippen LogP contribution in [0.3, 0.4) is 0 Å². The summed E-state index contributed by atoms with van der Waals surface area (Å²) in [7, 11) is 0. The molecule has 3 rings (SSSR count). The second-order valence-electron chi connectivity index (χ2n) is 5.97. The minimum Gasteiger partial charge on any atom is -0.377 e. The molecular weight excluding hydrogens is 310 g/mol. The van der Waals surface area contributed by atoms with E-state index < -0.39 is 10.9 Å². The van der Waals surface area contributed by atoms with Crippen LogP contribution in [-0.2, 0) is 9.63 Å². The Hall–Kier alpha value is -2.70. The van der Waals surface area contributed by atoms with Gasteiger partial charge in [0, 0.05) is 37.0 Å². The minimum absolute atomic E-state index is 0.0415. The van der Waals surface area contributed by atoms with Gasteiger partial charge in [-0.05, 0) is 12.8 Å². The number of carbonyl (C=O) groups is 1. The fourth-order valence-electron chi connectivity index (χ4n) is 2.95. The molecule has 2 aliphatic heterocycles. The Bertz CT molecular complexity index is 704. The van der Waals surface area contributed by atoms with Gasteiger partial charge in [0.1, 0.15) is 11.3 Å². The van der Waals surface area contributed by atoms with Gasteiger partial charge in [-0.2, -0.15) is 0 Å². The van der Waals surface area contributed by atoms with Crippen molar-refractivity contribution in [3.05, 3.63) is 51.7 Å². The van der Waals surface area contributed by atoms with Gasteiger partial charge in [0.05, 0.1) is 4.92 Å². The lowest BCUT2D eigenvalue weighted by Crippen LogP contribution is -2.24. The zero-order valence-corrected chi connectivity index (χ0v) is 13.3. The number of nitrogens with zero attached hydrogens (tertiary/aromatic N) is 3. The first-order valence-electron chi connectivity index (χ1n) is 8.15. The molecule has 0 N–H and O–H groups in total. The Morgan fingerprint density at radius 1 is 1.17 bits per heavy atom. The summed E-state index contributed by atoms with van der Waals surface area (Å²) in [5.41, 5.74) is 1.18. The third-order valence-corrected chi connectivity index (χ3v) is 4.23. The highest BCUT2D eigenvalue weighted by molar-refractivity contribution is 6.28. The molecule has 0 atom stereocenters. The largest absolute Gasteiger partial charge is 0.377 e. The van der Waals surface area contributed by atoms with Crippen LogP contribution >= 0.6 is 0 Å². The number of nitro groups is 1. The van der Waals surface area contributed by atoms with Gasteiger partial charge in [-0.25, -0.2) is 4.79 Å². The molecule has 2 aliphatic rings. The van der Waals surface area contributed by atoms with Gasteiger partial charge in [0.25, 0.3) is 5.69 Å². The fourth-order valence-corrected chi connectivity index (χ4v) is 2.95. The summed E-state index contributed by atoms with van der Waals surface area (Å²) < 4.78 is 0. The standard InChI is InChI=1S/C17H19N3O4/c21-17-15(12-19-9-4-2-1-3-5-10-19)16(18-24-17)13-7-6-8-14(11-13)20(22)23/h6-8,11-12H,1-5,9-10H2. The Kier molecular flexibility index (Phi) is 4.88. The van der Waals surface area contributed by atoms with Gasteiger partial charge in [0.15, 0.2) is 0 Å². The van der Waals surface area contributed by atoms with Gasteiger partial charge in [0.2, 0.25) is 0 Å². The highest BCUT2D eigenvalue weighted by Gasteiger charge is 2.28. The predicted molar refractivity (Wildman–Crippen MR) is 88.5 cm³/mol. The normalized spacial score (nSPS) is 20.3. The maximum Gasteiger partial charge on any atom is 0.369 e. The van der Waals surface area contributed by atoms with Crippen molar-refractivity contribution in [1.82, 2.24) is 4.90 Å². The molecule has 0 amide bonds. The van der Waals surface area contributed by atoms with E-state index in [0.29, 0.717) is 16.8 Å². The fraction of sp³-hybridized carbons (Fsp3) is 0.412. The van der Waals surface area contributed by atoms with E-state index >= 15 is 0 Å². The molecule has 0 bridgehead atoms. The zero-order chi connectivity index (χ0) is 16.9. The summed E-state index contributed by atoms with van der Waals surface area (Å²) >= 11 is 0. The van der Waals surface area contributed by atoms with Gasteiger partial charge in [-0.15, -0.1) is 0 Å². The van der Waals surface area contributed by atoms with Crippen LogP contribution in [0.15, 0.2) is 41.2 Å². The summed E-state index contributed by atoms with van der Waals surface area (Å²) in [5, 5.41) is 14.8. The van der Waals surface area contributed by atoms with Crippen molar-refractivity contribution < 1.29 is 14.6 Å². The van der Waals surface area contributed by atoms with Gasteiger partial charge in [-0.1, -0.05) is 36.6 Å². The lowest BCUT2D eigenvalue weighted by molar-refractivity contribution is -0.384. The van der Waals surface area contributed by atoms with E-state index in [0.717, 1.165) is 25.9 Å². The third-order valence-electron chi connectivity index (χ3n) is 4.23. The first kappa shape index (κ1) is 16.2. The molecule has 7 nitrogen and oxygen atoms in total. The Morgan fingerprint density at radius 2 is 1.88 bits per heavy atom. The highest BCUT2D eigenvalue weighted by atomic mass is 16.7. The molecule has 0 unspecified atom stereocenters. The molecule has 0 saturated carbocycles. The molecule has 1 aromatic rings. The van der Waals surface area contributed by atoms with Crippen molar-refractivity contribution in [2.75, 3.05) is 13.1 Å². The number of non-ortho nitro benzene ring substituents is 1. The number of hydrogen-bond donors (Lipinski definition) is 0. The zero-order valence-electron chi connectivity index (χ0n) is 13.3. The van der Waals surface area contributed by atoms with Gasteiger partial charge >= 0.3 is 5.97 Å². The number of likely N-dealkylation sites (tertiary alicyclic amines) is 1. The SMILES string of the molecule is O=C1ON=C(c2cccc([N+](=O)[O-])c2)C1=CN1CCCCCCC1. The average Bonchev–Trinajstić information content (AvgIpc) is 2.91. The van der Waals surface area contributed by atoms with Crippen LogP contribution in [0.25, 0.3) is 0 Å². The first-order chi connectivity index (χ1) is 11.6. The smallest absolute Gasteiger partial charge is 0.369 e. The van der Waals surface area contributed by atoms with E-state index in [1.807, 2.05) is 0 Å². The second kappa shape index (κ2) is 7.25. The second-order valence-corrected chi connectivity index (χ2v) is 5.97. The van der Waals surface area contributed by atoms with Crippen molar-refractivity contribution in [3.63, 3.8) is 0 Å². The lowest BCUT2D eigenvalue weighted by atomic mass is 10.0. The van der Waals surface area contributed by atoms with E-state index in [9.17, 15) is 14.9 Å². The molecule has 24 heavy (non-hydrogen) atoms. The van der Waals surface area contributed by atoms with Gasteiger partial charge in [-0.3, -0.25) is 10.1 Å². The molecule has 1 fully saturated rings. The summed E-state index contributed by atoms with van der Waals surface area (Å²) in [6, 6.07) is 6.08. The highest BCUT2D eigenvalue weighted by Crippen LogP contribution is 2.22. The predicted octanol–water partition coefficient (Wildman–Crippen LogP) is 3.01. The van der Waals surface area contributed by atoms with Crippen LogP contribution in [0.5, 0.6) is 0 Å². The Morgan fingerprint density at radius 3 is 2.58 bits per heavy atom.